The van der Waals surface area contributed by atoms with Crippen LogP contribution in [0.1, 0.15) is 53.9 Å². The number of rotatable bonds is 8. The van der Waals surface area contributed by atoms with Crippen LogP contribution < -0.4 is 5.32 Å². The van der Waals surface area contributed by atoms with Crippen LogP contribution in [0.15, 0.2) is 28.5 Å². The summed E-state index contributed by atoms with van der Waals surface area (Å²) in [6, 6.07) is 0. The zero-order valence-electron chi connectivity index (χ0n) is 17.6. The van der Waals surface area contributed by atoms with Crippen molar-refractivity contribution in [3.63, 3.8) is 0 Å². The minimum Gasteiger partial charge on any atom is -0.392 e. The Labute approximate surface area is 167 Å². The summed E-state index contributed by atoms with van der Waals surface area (Å²) < 4.78 is 5.96. The summed E-state index contributed by atoms with van der Waals surface area (Å²) in [6.07, 6.45) is 3.71. The van der Waals surface area contributed by atoms with Gasteiger partial charge in [0.1, 0.15) is 0 Å². The molecule has 0 aliphatic heterocycles. The molecular formula is C21H34N2O5. The number of hydrogen-bond donors (Lipinski definition) is 3. The second kappa shape index (κ2) is 8.95. The van der Waals surface area contributed by atoms with Crippen LogP contribution in [0.25, 0.3) is 0 Å². The molecule has 2 aliphatic rings. The van der Waals surface area contributed by atoms with Gasteiger partial charge in [-0.15, -0.1) is 4.91 Å². The van der Waals surface area contributed by atoms with Crippen molar-refractivity contribution in [3.05, 3.63) is 28.2 Å². The maximum atomic E-state index is 12.0. The first kappa shape index (κ1) is 22.9. The molecule has 0 amide bonds. The van der Waals surface area contributed by atoms with Crippen molar-refractivity contribution in [1.29, 1.82) is 0 Å². The third-order valence-corrected chi connectivity index (χ3v) is 5.79. The first-order valence-electron chi connectivity index (χ1n) is 9.94. The number of aliphatic hydroxyl groups excluding tert-OH is 2. The third-order valence-electron chi connectivity index (χ3n) is 5.79. The maximum absolute atomic E-state index is 12.0. The average molecular weight is 395 g/mol. The Bertz CT molecular complexity index is 652. The van der Waals surface area contributed by atoms with E-state index in [0.29, 0.717) is 25.8 Å². The van der Waals surface area contributed by atoms with Crippen LogP contribution in [-0.2, 0) is 9.53 Å². The summed E-state index contributed by atoms with van der Waals surface area (Å²) in [7, 11) is 0. The number of aliphatic hydroxyl groups is 2. The summed E-state index contributed by atoms with van der Waals surface area (Å²) in [6.45, 7) is 9.57. The Morgan fingerprint density at radius 2 is 2.04 bits per heavy atom. The van der Waals surface area contributed by atoms with Crippen molar-refractivity contribution in [1.82, 2.24) is 5.32 Å². The Morgan fingerprint density at radius 3 is 2.61 bits per heavy atom. The van der Waals surface area contributed by atoms with Gasteiger partial charge in [0.2, 0.25) is 0 Å². The fourth-order valence-electron chi connectivity index (χ4n) is 3.84. The van der Waals surface area contributed by atoms with Crippen LogP contribution in [0.3, 0.4) is 0 Å². The molecule has 0 aromatic heterocycles. The van der Waals surface area contributed by atoms with E-state index in [4.69, 9.17) is 4.74 Å². The normalized spacial score (nSPS) is 28.5. The van der Waals surface area contributed by atoms with E-state index in [1.807, 2.05) is 32.9 Å². The lowest BCUT2D eigenvalue weighted by molar-refractivity contribution is -0.125. The van der Waals surface area contributed by atoms with E-state index < -0.39 is 23.7 Å². The lowest BCUT2D eigenvalue weighted by Crippen LogP contribution is -2.48. The Morgan fingerprint density at radius 1 is 1.36 bits per heavy atom. The number of hydrogen-bond acceptors (Lipinski definition) is 7. The standard InChI is InChI=1S/C21H34N2O5/c1-13(24)21(5,23-27)17-9-14-7-6-8-19(16(14)10-18(17)26)28-12-15(25)11-22-20(2,3)4/h6-7,15,17-19,22,25-26H,8-12H2,1-5H3. The second-order valence-electron chi connectivity index (χ2n) is 9.17. The summed E-state index contributed by atoms with van der Waals surface area (Å²) in [4.78, 5) is 23.4. The molecule has 0 fully saturated rings. The van der Waals surface area contributed by atoms with Gasteiger partial charge < -0.3 is 20.3 Å². The summed E-state index contributed by atoms with van der Waals surface area (Å²) in [5, 5.41) is 27.2. The van der Waals surface area contributed by atoms with E-state index >= 15 is 0 Å². The molecule has 7 heteroatoms. The van der Waals surface area contributed by atoms with Crippen LogP contribution >= 0.6 is 0 Å². The zero-order valence-corrected chi connectivity index (χ0v) is 17.6. The van der Waals surface area contributed by atoms with E-state index in [9.17, 15) is 19.9 Å². The van der Waals surface area contributed by atoms with E-state index in [2.05, 4.69) is 10.5 Å². The number of nitroso groups, excluding NO2 is 1. The van der Waals surface area contributed by atoms with Gasteiger partial charge in [-0.2, -0.15) is 0 Å². The van der Waals surface area contributed by atoms with Crippen molar-refractivity contribution in [2.45, 2.75) is 83.3 Å². The highest BCUT2D eigenvalue weighted by atomic mass is 16.5. The molecule has 3 N–H and O–H groups in total. The molecule has 0 saturated heterocycles. The number of carbonyl (C=O) groups excluding carboxylic acids is 1. The fourth-order valence-corrected chi connectivity index (χ4v) is 3.84. The zero-order chi connectivity index (χ0) is 21.1. The van der Waals surface area contributed by atoms with Gasteiger partial charge in [0, 0.05) is 18.0 Å². The molecule has 0 spiro atoms. The molecule has 28 heavy (non-hydrogen) atoms. The molecule has 5 atom stereocenters. The highest BCUT2D eigenvalue weighted by Crippen LogP contribution is 2.42. The van der Waals surface area contributed by atoms with Gasteiger partial charge in [0.05, 0.1) is 24.9 Å². The number of nitrogens with zero attached hydrogens (tertiary/aromatic N) is 1. The largest absolute Gasteiger partial charge is 0.392 e. The summed E-state index contributed by atoms with van der Waals surface area (Å²) in [5.74, 6) is -0.885. The van der Waals surface area contributed by atoms with E-state index in [-0.39, 0.29) is 24.0 Å². The van der Waals surface area contributed by atoms with Gasteiger partial charge in [0.15, 0.2) is 11.3 Å². The number of ketones is 1. The fraction of sp³-hybridized carbons (Fsp3) is 0.762. The van der Waals surface area contributed by atoms with E-state index in [1.165, 1.54) is 13.8 Å². The minimum atomic E-state index is -1.44. The molecule has 0 aromatic rings. The number of allylic oxidation sites excluding steroid dienone is 2. The summed E-state index contributed by atoms with van der Waals surface area (Å²) in [5.41, 5.74) is 0.459. The number of Topliss-reactive ketones (excluding diaryl/α,β-unsaturated/α-hetero) is 1. The third kappa shape index (κ3) is 5.35. The van der Waals surface area contributed by atoms with Crippen molar-refractivity contribution in [2.24, 2.45) is 11.1 Å². The molecule has 158 valence electrons. The van der Waals surface area contributed by atoms with Gasteiger partial charge in [-0.1, -0.05) is 17.3 Å². The van der Waals surface area contributed by atoms with Crippen molar-refractivity contribution >= 4 is 5.78 Å². The minimum absolute atomic E-state index is 0.0806. The second-order valence-corrected chi connectivity index (χ2v) is 9.17. The van der Waals surface area contributed by atoms with Crippen molar-refractivity contribution < 1.29 is 19.7 Å². The van der Waals surface area contributed by atoms with Crippen LogP contribution in [0.5, 0.6) is 0 Å². The Balaban J connectivity index is 2.05. The van der Waals surface area contributed by atoms with Gasteiger partial charge >= 0.3 is 0 Å². The van der Waals surface area contributed by atoms with Gasteiger partial charge in [0.25, 0.3) is 0 Å². The molecule has 2 aliphatic carbocycles. The van der Waals surface area contributed by atoms with Gasteiger partial charge in [-0.05, 0) is 65.0 Å². The molecule has 0 bridgehead atoms. The number of β-amino-alcohol motifs (C(OH)–C–C–N with tert-alkyl or cyclic N) is 1. The quantitative estimate of drug-likeness (QED) is 0.545. The first-order valence-corrected chi connectivity index (χ1v) is 9.94. The number of nitrogens with one attached hydrogen (secondary N) is 1. The van der Waals surface area contributed by atoms with Gasteiger partial charge in [-0.25, -0.2) is 0 Å². The van der Waals surface area contributed by atoms with Crippen molar-refractivity contribution in [2.75, 3.05) is 13.2 Å². The van der Waals surface area contributed by atoms with Crippen LogP contribution in [0.2, 0.25) is 0 Å². The van der Waals surface area contributed by atoms with E-state index in [0.717, 1.165) is 11.1 Å². The lowest BCUT2D eigenvalue weighted by Gasteiger charge is -2.40. The maximum Gasteiger partial charge on any atom is 0.163 e. The number of ether oxygens (including phenoxy) is 1. The molecule has 0 saturated carbocycles. The van der Waals surface area contributed by atoms with Crippen LogP contribution in [0, 0.1) is 10.8 Å². The molecule has 0 radical (unpaired) electrons. The first-order chi connectivity index (χ1) is 13.0. The van der Waals surface area contributed by atoms with Gasteiger partial charge in [-0.3, -0.25) is 4.79 Å². The molecule has 0 heterocycles. The lowest BCUT2D eigenvalue weighted by atomic mass is 9.68. The molecule has 0 aromatic carbocycles. The Kier molecular flexibility index (Phi) is 7.31. The highest BCUT2D eigenvalue weighted by molar-refractivity contribution is 5.86. The highest BCUT2D eigenvalue weighted by Gasteiger charge is 2.47. The molecule has 7 nitrogen and oxygen atoms in total. The summed E-state index contributed by atoms with van der Waals surface area (Å²) >= 11 is 0. The monoisotopic (exact) mass is 394 g/mol. The number of carbonyl (C=O) groups is 1. The Hall–Kier alpha value is -1.41. The SMILES string of the molecule is CC(=O)C(C)(N=O)C1CC2=C(CC1O)C(OCC(O)CNC(C)(C)C)CC=C2. The predicted molar refractivity (Wildman–Crippen MR) is 108 cm³/mol. The molecule has 2 rings (SSSR count). The topological polar surface area (TPSA) is 108 Å². The van der Waals surface area contributed by atoms with Crippen molar-refractivity contribution in [3.8, 4) is 0 Å². The smallest absolute Gasteiger partial charge is 0.163 e. The molecular weight excluding hydrogens is 360 g/mol. The van der Waals surface area contributed by atoms with Crippen LogP contribution in [-0.4, -0.2) is 58.5 Å². The predicted octanol–water partition coefficient (Wildman–Crippen LogP) is 2.26. The van der Waals surface area contributed by atoms with Crippen LogP contribution in [0.4, 0.5) is 0 Å². The molecule has 5 unspecified atom stereocenters. The average Bonchev–Trinajstić information content (AvgIpc) is 2.62. The van der Waals surface area contributed by atoms with E-state index in [1.54, 1.807) is 0 Å².